The minimum absolute atomic E-state index is 0.0618. The lowest BCUT2D eigenvalue weighted by atomic mass is 10.3. The Morgan fingerprint density at radius 2 is 1.33 bits per heavy atom. The Morgan fingerprint density at radius 3 is 1.60 bits per heavy atom. The Balaban J connectivity index is 0.000000423. The maximum absolute atomic E-state index is 12.0. The van der Waals surface area contributed by atoms with Crippen molar-refractivity contribution in [1.29, 1.82) is 0 Å². The Labute approximate surface area is 90.0 Å². The molecule has 0 heterocycles. The van der Waals surface area contributed by atoms with Crippen LogP contribution in [0.1, 0.15) is 0 Å². The molecule has 0 unspecified atom stereocenters. The predicted molar refractivity (Wildman–Crippen MR) is 46.1 cm³/mol. The summed E-state index contributed by atoms with van der Waals surface area (Å²) < 4.78 is 60.0. The molecule has 7 heteroatoms. The van der Waals surface area contributed by atoms with Crippen molar-refractivity contribution in [3.8, 4) is 0 Å². The number of benzene rings is 1. The summed E-state index contributed by atoms with van der Waals surface area (Å²) in [7, 11) is 0. The molecule has 0 spiro atoms. The maximum atomic E-state index is 12.0. The standard InChI is InChI=1S/C6HF5.C2H3BrO/c7-2-1-3(8)5(10)6(11)4(2)9;3-1-2-4/h1H;2H,1H2. The van der Waals surface area contributed by atoms with E-state index in [1.807, 2.05) is 0 Å². The molecule has 0 N–H and O–H groups in total. The topological polar surface area (TPSA) is 17.1 Å². The summed E-state index contributed by atoms with van der Waals surface area (Å²) in [5, 5.41) is 0.451. The highest BCUT2D eigenvalue weighted by Gasteiger charge is 2.18. The van der Waals surface area contributed by atoms with Crippen molar-refractivity contribution in [2.24, 2.45) is 0 Å². The van der Waals surface area contributed by atoms with E-state index in [4.69, 9.17) is 4.79 Å². The second kappa shape index (κ2) is 6.49. The van der Waals surface area contributed by atoms with Gasteiger partial charge in [0.15, 0.2) is 23.3 Å². The first-order valence-corrected chi connectivity index (χ1v) is 4.55. The van der Waals surface area contributed by atoms with Crippen molar-refractivity contribution >= 4 is 22.2 Å². The zero-order chi connectivity index (χ0) is 12.0. The molecule has 15 heavy (non-hydrogen) atoms. The molecule has 0 amide bonds. The van der Waals surface area contributed by atoms with Gasteiger partial charge in [0.05, 0.1) is 5.33 Å². The molecular formula is C8H4BrF5O. The molecule has 0 bridgehead atoms. The highest BCUT2D eigenvalue weighted by molar-refractivity contribution is 9.09. The average Bonchev–Trinajstić information content (AvgIpc) is 2.24. The summed E-state index contributed by atoms with van der Waals surface area (Å²) in [6.07, 6.45) is 0.792. The van der Waals surface area contributed by atoms with Gasteiger partial charge in [-0.15, -0.1) is 0 Å². The van der Waals surface area contributed by atoms with Gasteiger partial charge in [0.25, 0.3) is 0 Å². The predicted octanol–water partition coefficient (Wildman–Crippen LogP) is 2.96. The number of carbonyl (C=O) groups excluding carboxylic acids is 1. The highest BCUT2D eigenvalue weighted by atomic mass is 79.9. The van der Waals surface area contributed by atoms with E-state index in [1.165, 1.54) is 0 Å². The zero-order valence-electron chi connectivity index (χ0n) is 7.04. The van der Waals surface area contributed by atoms with Crippen molar-refractivity contribution in [2.75, 3.05) is 5.33 Å². The quantitative estimate of drug-likeness (QED) is 0.256. The van der Waals surface area contributed by atoms with Crippen LogP contribution in [-0.4, -0.2) is 11.6 Å². The third-order valence-electron chi connectivity index (χ3n) is 1.12. The summed E-state index contributed by atoms with van der Waals surface area (Å²) >= 11 is 2.88. The van der Waals surface area contributed by atoms with Gasteiger partial charge in [-0.05, 0) is 0 Å². The van der Waals surface area contributed by atoms with Crippen LogP contribution in [0.2, 0.25) is 0 Å². The van der Waals surface area contributed by atoms with Gasteiger partial charge in [-0.2, -0.15) is 0 Å². The van der Waals surface area contributed by atoms with Crippen molar-refractivity contribution in [3.63, 3.8) is 0 Å². The first-order chi connectivity index (χ1) is 6.95. The Morgan fingerprint density at radius 1 is 1.00 bits per heavy atom. The van der Waals surface area contributed by atoms with Crippen LogP contribution in [0.15, 0.2) is 6.07 Å². The molecule has 0 fully saturated rings. The third kappa shape index (κ3) is 3.94. The third-order valence-corrected chi connectivity index (χ3v) is 1.39. The second-order valence-electron chi connectivity index (χ2n) is 2.10. The number of halogens is 6. The summed E-state index contributed by atoms with van der Waals surface area (Å²) in [6.45, 7) is 0. The maximum Gasteiger partial charge on any atom is 0.200 e. The van der Waals surface area contributed by atoms with Gasteiger partial charge in [0, 0.05) is 6.07 Å². The van der Waals surface area contributed by atoms with Crippen molar-refractivity contribution in [3.05, 3.63) is 35.2 Å². The molecule has 0 radical (unpaired) electrons. The van der Waals surface area contributed by atoms with Crippen molar-refractivity contribution in [1.82, 2.24) is 0 Å². The largest absolute Gasteiger partial charge is 0.302 e. The fourth-order valence-electron chi connectivity index (χ4n) is 0.544. The first-order valence-electron chi connectivity index (χ1n) is 3.43. The highest BCUT2D eigenvalue weighted by Crippen LogP contribution is 2.16. The SMILES string of the molecule is Fc1cc(F)c(F)c(F)c1F.O=CCBr. The van der Waals surface area contributed by atoms with Gasteiger partial charge in [-0.25, -0.2) is 22.0 Å². The van der Waals surface area contributed by atoms with Crippen LogP contribution in [0.5, 0.6) is 0 Å². The number of aldehydes is 1. The number of rotatable bonds is 1. The normalized spacial score (nSPS) is 9.20. The number of alkyl halides is 1. The fraction of sp³-hybridized carbons (Fsp3) is 0.125. The van der Waals surface area contributed by atoms with E-state index in [-0.39, 0.29) is 6.07 Å². The van der Waals surface area contributed by atoms with Crippen LogP contribution in [0.3, 0.4) is 0 Å². The number of hydrogen-bond donors (Lipinski definition) is 0. The molecule has 0 aliphatic heterocycles. The van der Waals surface area contributed by atoms with E-state index in [0.29, 0.717) is 5.33 Å². The molecule has 1 nitrogen and oxygen atoms in total. The van der Waals surface area contributed by atoms with E-state index in [2.05, 4.69) is 15.9 Å². The van der Waals surface area contributed by atoms with Crippen LogP contribution in [-0.2, 0) is 4.79 Å². The van der Waals surface area contributed by atoms with E-state index in [1.54, 1.807) is 0 Å². The van der Waals surface area contributed by atoms with Gasteiger partial charge in [0.1, 0.15) is 6.29 Å². The number of hydrogen-bond acceptors (Lipinski definition) is 1. The van der Waals surface area contributed by atoms with E-state index < -0.39 is 29.1 Å². The van der Waals surface area contributed by atoms with Crippen molar-refractivity contribution < 1.29 is 26.7 Å². The molecular weight excluding hydrogens is 287 g/mol. The molecule has 84 valence electrons. The Kier molecular flexibility index (Phi) is 6.07. The minimum Gasteiger partial charge on any atom is -0.302 e. The van der Waals surface area contributed by atoms with Crippen LogP contribution >= 0.6 is 15.9 Å². The van der Waals surface area contributed by atoms with Gasteiger partial charge in [0.2, 0.25) is 5.82 Å². The van der Waals surface area contributed by atoms with Crippen LogP contribution in [0.4, 0.5) is 22.0 Å². The molecule has 0 saturated carbocycles. The van der Waals surface area contributed by atoms with Crippen LogP contribution in [0, 0.1) is 29.1 Å². The first kappa shape index (κ1) is 14.0. The molecule has 1 aromatic carbocycles. The molecule has 0 saturated heterocycles. The van der Waals surface area contributed by atoms with Crippen LogP contribution < -0.4 is 0 Å². The van der Waals surface area contributed by atoms with Gasteiger partial charge < -0.3 is 4.79 Å². The summed E-state index contributed by atoms with van der Waals surface area (Å²) in [5.74, 6) is -9.65. The van der Waals surface area contributed by atoms with E-state index >= 15 is 0 Å². The fourth-order valence-corrected chi connectivity index (χ4v) is 0.544. The molecule has 0 aliphatic carbocycles. The second-order valence-corrected chi connectivity index (χ2v) is 2.75. The molecule has 0 aliphatic rings. The Bertz CT molecular complexity index is 329. The molecule has 1 aromatic rings. The smallest absolute Gasteiger partial charge is 0.200 e. The average molecular weight is 291 g/mol. The number of carbonyl (C=O) groups is 1. The molecule has 1 rings (SSSR count). The lowest BCUT2D eigenvalue weighted by molar-refractivity contribution is -0.105. The van der Waals surface area contributed by atoms with Crippen molar-refractivity contribution in [2.45, 2.75) is 0 Å². The summed E-state index contributed by atoms with van der Waals surface area (Å²) in [6, 6.07) is -0.0618. The summed E-state index contributed by atoms with van der Waals surface area (Å²) in [5.41, 5.74) is 0. The van der Waals surface area contributed by atoms with Gasteiger partial charge in [-0.1, -0.05) is 15.9 Å². The lowest BCUT2D eigenvalue weighted by Gasteiger charge is -1.96. The lowest BCUT2D eigenvalue weighted by Crippen LogP contribution is -1.98. The Hall–Kier alpha value is -0.980. The molecule has 0 atom stereocenters. The summed E-state index contributed by atoms with van der Waals surface area (Å²) in [4.78, 5) is 9.13. The zero-order valence-corrected chi connectivity index (χ0v) is 8.62. The van der Waals surface area contributed by atoms with E-state index in [0.717, 1.165) is 6.29 Å². The molecule has 0 aromatic heterocycles. The van der Waals surface area contributed by atoms with Gasteiger partial charge in [-0.3, -0.25) is 0 Å². The monoisotopic (exact) mass is 290 g/mol. The van der Waals surface area contributed by atoms with Crippen LogP contribution in [0.25, 0.3) is 0 Å². The van der Waals surface area contributed by atoms with Gasteiger partial charge >= 0.3 is 0 Å². The van der Waals surface area contributed by atoms with E-state index in [9.17, 15) is 22.0 Å². The minimum atomic E-state index is -2.14.